The average Bonchev–Trinajstić information content (AvgIpc) is 3.17. The molecule has 0 radical (unpaired) electrons. The van der Waals surface area contributed by atoms with Crippen LogP contribution in [0.1, 0.15) is 41.3 Å². The number of carbonyl (C=O) groups is 3. The number of amides is 1. The van der Waals surface area contributed by atoms with Gasteiger partial charge >= 0.3 is 12.1 Å². The molecule has 0 aliphatic heterocycles. The maximum Gasteiger partial charge on any atom is 0.407 e. The fraction of sp³-hybridized carbons (Fsp3) is 0.179. The van der Waals surface area contributed by atoms with Gasteiger partial charge < -0.3 is 14.8 Å². The van der Waals surface area contributed by atoms with Crippen molar-refractivity contribution in [2.75, 3.05) is 6.61 Å². The van der Waals surface area contributed by atoms with E-state index < -0.39 is 18.1 Å². The molecular formula is C28H25NO5. The van der Waals surface area contributed by atoms with Gasteiger partial charge in [0.25, 0.3) is 0 Å². The average molecular weight is 456 g/mol. The van der Waals surface area contributed by atoms with Gasteiger partial charge in [0.05, 0.1) is 0 Å². The monoisotopic (exact) mass is 455 g/mol. The van der Waals surface area contributed by atoms with Crippen LogP contribution in [0.5, 0.6) is 0 Å². The Hall–Kier alpha value is -4.19. The summed E-state index contributed by atoms with van der Waals surface area (Å²) in [4.78, 5) is 36.9. The molecule has 1 amide bonds. The number of hydrogen-bond donors (Lipinski definition) is 1. The van der Waals surface area contributed by atoms with Crippen molar-refractivity contribution in [3.63, 3.8) is 0 Å². The number of esters is 1. The minimum absolute atomic E-state index is 0.0745. The molecule has 0 unspecified atom stereocenters. The number of ketones is 1. The molecule has 1 N–H and O–H groups in total. The first-order chi connectivity index (χ1) is 16.4. The van der Waals surface area contributed by atoms with Crippen LogP contribution in [-0.2, 0) is 14.3 Å². The topological polar surface area (TPSA) is 81.7 Å². The molecule has 1 aliphatic carbocycles. The van der Waals surface area contributed by atoms with Crippen LogP contribution in [0.4, 0.5) is 4.79 Å². The van der Waals surface area contributed by atoms with E-state index in [2.05, 4.69) is 17.4 Å². The van der Waals surface area contributed by atoms with Gasteiger partial charge in [-0.3, -0.25) is 4.79 Å². The maximum atomic E-state index is 12.4. The lowest BCUT2D eigenvalue weighted by atomic mass is 9.98. The Labute approximate surface area is 198 Å². The van der Waals surface area contributed by atoms with Gasteiger partial charge in [0, 0.05) is 17.6 Å². The van der Waals surface area contributed by atoms with E-state index in [-0.39, 0.29) is 24.1 Å². The first-order valence-electron chi connectivity index (χ1n) is 11.0. The molecular weight excluding hydrogens is 430 g/mol. The summed E-state index contributed by atoms with van der Waals surface area (Å²) < 4.78 is 10.7. The summed E-state index contributed by atoms with van der Waals surface area (Å²) in [6.07, 6.45) is 0.529. The van der Waals surface area contributed by atoms with Gasteiger partial charge in [-0.15, -0.1) is 0 Å². The van der Waals surface area contributed by atoms with Crippen LogP contribution in [-0.4, -0.2) is 30.5 Å². The van der Waals surface area contributed by atoms with Crippen LogP contribution >= 0.6 is 0 Å². The summed E-state index contributed by atoms with van der Waals surface area (Å²) in [5.41, 5.74) is 4.97. The first-order valence-corrected chi connectivity index (χ1v) is 11.0. The normalized spacial score (nSPS) is 13.4. The van der Waals surface area contributed by atoms with E-state index in [1.54, 1.807) is 24.3 Å². The fourth-order valence-corrected chi connectivity index (χ4v) is 4.02. The van der Waals surface area contributed by atoms with Crippen molar-refractivity contribution in [1.82, 2.24) is 5.32 Å². The molecule has 3 aromatic carbocycles. The van der Waals surface area contributed by atoms with Gasteiger partial charge in [-0.1, -0.05) is 78.9 Å². The van der Waals surface area contributed by atoms with Crippen molar-refractivity contribution in [2.45, 2.75) is 25.8 Å². The van der Waals surface area contributed by atoms with Crippen molar-refractivity contribution in [3.05, 3.63) is 107 Å². The number of alkyl carbamates (subject to hydrolysis) is 1. The highest BCUT2D eigenvalue weighted by Crippen LogP contribution is 2.44. The number of ether oxygens (including phenoxy) is 2. The minimum atomic E-state index is -0.953. The van der Waals surface area contributed by atoms with E-state index in [1.807, 2.05) is 42.5 Å². The lowest BCUT2D eigenvalue weighted by Crippen LogP contribution is -2.40. The SMILES string of the molecule is C/C(=C\C(=O)c1ccccc1)OC(=O)[C@H](C)NC(=O)OCC1c2ccccc2-c2ccccc21. The molecule has 0 heterocycles. The van der Waals surface area contributed by atoms with Crippen LogP contribution in [0.3, 0.4) is 0 Å². The summed E-state index contributed by atoms with van der Waals surface area (Å²) in [6, 6.07) is 23.8. The predicted molar refractivity (Wildman–Crippen MR) is 128 cm³/mol. The van der Waals surface area contributed by atoms with Crippen LogP contribution < -0.4 is 5.32 Å². The summed E-state index contributed by atoms with van der Waals surface area (Å²) in [6.45, 7) is 3.15. The highest BCUT2D eigenvalue weighted by atomic mass is 16.6. The van der Waals surface area contributed by atoms with Crippen molar-refractivity contribution in [1.29, 1.82) is 0 Å². The van der Waals surface area contributed by atoms with Crippen LogP contribution in [0.25, 0.3) is 11.1 Å². The van der Waals surface area contributed by atoms with Crippen molar-refractivity contribution in [3.8, 4) is 11.1 Å². The van der Waals surface area contributed by atoms with Crippen molar-refractivity contribution < 1.29 is 23.9 Å². The summed E-state index contributed by atoms with van der Waals surface area (Å²) in [5, 5.41) is 2.49. The number of hydrogen-bond acceptors (Lipinski definition) is 5. The summed E-state index contributed by atoms with van der Waals surface area (Å²) in [5.74, 6) is -0.902. The molecule has 0 saturated carbocycles. The number of nitrogens with one attached hydrogen (secondary N) is 1. The highest BCUT2D eigenvalue weighted by molar-refractivity contribution is 6.04. The van der Waals surface area contributed by atoms with Gasteiger partial charge in [0.1, 0.15) is 18.4 Å². The Morgan fingerprint density at radius 2 is 1.44 bits per heavy atom. The van der Waals surface area contributed by atoms with E-state index in [0.29, 0.717) is 5.56 Å². The number of allylic oxidation sites excluding steroid dienone is 2. The first kappa shape index (κ1) is 23.0. The maximum absolute atomic E-state index is 12.4. The van der Waals surface area contributed by atoms with Gasteiger partial charge in [-0.25, -0.2) is 9.59 Å². The van der Waals surface area contributed by atoms with E-state index in [9.17, 15) is 14.4 Å². The molecule has 0 fully saturated rings. The van der Waals surface area contributed by atoms with Crippen LogP contribution in [0.15, 0.2) is 90.7 Å². The third kappa shape index (κ3) is 5.07. The Morgan fingerprint density at radius 3 is 2.06 bits per heavy atom. The molecule has 3 aromatic rings. The summed E-state index contributed by atoms with van der Waals surface area (Å²) in [7, 11) is 0. The Bertz CT molecular complexity index is 1200. The Kier molecular flexibility index (Phi) is 6.87. The Morgan fingerprint density at radius 1 is 0.882 bits per heavy atom. The molecule has 0 bridgehead atoms. The second-order valence-corrected chi connectivity index (χ2v) is 8.10. The molecule has 1 atom stereocenters. The number of fused-ring (bicyclic) bond motifs is 3. The number of carbonyl (C=O) groups excluding carboxylic acids is 3. The lowest BCUT2D eigenvalue weighted by molar-refractivity contribution is -0.141. The molecule has 6 nitrogen and oxygen atoms in total. The second-order valence-electron chi connectivity index (χ2n) is 8.10. The molecule has 4 rings (SSSR count). The van der Waals surface area contributed by atoms with Gasteiger partial charge in [0.2, 0.25) is 0 Å². The zero-order valence-electron chi connectivity index (χ0n) is 19.0. The lowest BCUT2D eigenvalue weighted by Gasteiger charge is -2.17. The van der Waals surface area contributed by atoms with E-state index in [4.69, 9.17) is 9.47 Å². The molecule has 34 heavy (non-hydrogen) atoms. The van der Waals surface area contributed by atoms with E-state index >= 15 is 0 Å². The smallest absolute Gasteiger partial charge is 0.407 e. The second kappa shape index (κ2) is 10.2. The zero-order valence-corrected chi connectivity index (χ0v) is 19.0. The fourth-order valence-electron chi connectivity index (χ4n) is 4.02. The largest absolute Gasteiger partial charge is 0.449 e. The molecule has 0 spiro atoms. The highest BCUT2D eigenvalue weighted by Gasteiger charge is 2.29. The van der Waals surface area contributed by atoms with Crippen molar-refractivity contribution in [2.24, 2.45) is 0 Å². The molecule has 0 aromatic heterocycles. The van der Waals surface area contributed by atoms with Gasteiger partial charge in [-0.05, 0) is 36.1 Å². The van der Waals surface area contributed by atoms with Crippen LogP contribution in [0.2, 0.25) is 0 Å². The van der Waals surface area contributed by atoms with Gasteiger partial charge in [-0.2, -0.15) is 0 Å². The minimum Gasteiger partial charge on any atom is -0.449 e. The van der Waals surface area contributed by atoms with Gasteiger partial charge in [0.15, 0.2) is 5.78 Å². The van der Waals surface area contributed by atoms with Crippen molar-refractivity contribution >= 4 is 17.8 Å². The third-order valence-electron chi connectivity index (χ3n) is 5.69. The zero-order chi connectivity index (χ0) is 24.1. The Balaban J connectivity index is 1.31. The number of rotatable bonds is 7. The predicted octanol–water partition coefficient (Wildman–Crippen LogP) is 5.24. The standard InChI is InChI=1S/C28H25NO5/c1-18(16-26(30)20-10-4-3-5-11-20)34-27(31)19(2)29-28(32)33-17-25-23-14-8-6-12-21(23)22-13-7-9-15-24(22)25/h3-16,19,25H,17H2,1-2H3,(H,29,32)/b18-16+/t19-/m0/s1. The summed E-state index contributed by atoms with van der Waals surface area (Å²) >= 11 is 0. The number of benzene rings is 3. The van der Waals surface area contributed by atoms with Crippen LogP contribution in [0, 0.1) is 0 Å². The molecule has 172 valence electrons. The quantitative estimate of drug-likeness (QED) is 0.228. The third-order valence-corrected chi connectivity index (χ3v) is 5.69. The molecule has 0 saturated heterocycles. The van der Waals surface area contributed by atoms with E-state index in [1.165, 1.54) is 19.9 Å². The molecule has 1 aliphatic rings. The van der Waals surface area contributed by atoms with E-state index in [0.717, 1.165) is 22.3 Å². The molecule has 6 heteroatoms.